The molecule has 0 spiro atoms. The first-order valence-corrected chi connectivity index (χ1v) is 11.2. The van der Waals surface area contributed by atoms with Crippen LogP contribution in [-0.2, 0) is 0 Å². The molecule has 9 heteroatoms. The zero-order valence-electron chi connectivity index (χ0n) is 19.4. The molecule has 0 unspecified atom stereocenters. The molecule has 4 aromatic rings. The molecular formula is C26H24N6O3. The summed E-state index contributed by atoms with van der Waals surface area (Å²) in [4.78, 5) is 27.2. The molecule has 2 aromatic heterocycles. The molecule has 2 aromatic carbocycles. The van der Waals surface area contributed by atoms with Gasteiger partial charge in [0.05, 0.1) is 34.5 Å². The SMILES string of the molecule is COc1cc(C2=CCN(C)CC2)c([N+](=O)[O-])cc1Nc1nccc(-c2cnc3ccccc3c2)n1. The predicted molar refractivity (Wildman–Crippen MR) is 136 cm³/mol. The number of fused-ring (bicyclic) bond motifs is 1. The molecule has 0 amide bonds. The number of likely N-dealkylation sites (N-methyl/N-ethyl adjacent to an activating group) is 1. The van der Waals surface area contributed by atoms with Crippen LogP contribution in [-0.4, -0.2) is 52.0 Å². The van der Waals surface area contributed by atoms with Gasteiger partial charge in [-0.15, -0.1) is 0 Å². The number of pyridine rings is 1. The summed E-state index contributed by atoms with van der Waals surface area (Å²) in [6.45, 7) is 1.59. The average molecular weight is 469 g/mol. The number of hydrogen-bond donors (Lipinski definition) is 1. The maximum atomic E-state index is 11.9. The fourth-order valence-electron chi connectivity index (χ4n) is 4.17. The minimum atomic E-state index is -0.364. The molecule has 1 aliphatic rings. The fourth-order valence-corrected chi connectivity index (χ4v) is 4.17. The Bertz CT molecular complexity index is 1450. The van der Waals surface area contributed by atoms with Crippen molar-refractivity contribution in [3.05, 3.63) is 82.7 Å². The van der Waals surface area contributed by atoms with Crippen LogP contribution in [0.15, 0.2) is 67.0 Å². The third-order valence-electron chi connectivity index (χ3n) is 6.06. The third kappa shape index (κ3) is 4.67. The van der Waals surface area contributed by atoms with Gasteiger partial charge in [0, 0.05) is 42.5 Å². The smallest absolute Gasteiger partial charge is 0.279 e. The van der Waals surface area contributed by atoms with Crippen molar-refractivity contribution in [1.29, 1.82) is 0 Å². The second-order valence-corrected chi connectivity index (χ2v) is 8.38. The van der Waals surface area contributed by atoms with Gasteiger partial charge in [-0.25, -0.2) is 9.97 Å². The molecule has 0 saturated heterocycles. The largest absolute Gasteiger partial charge is 0.495 e. The molecule has 9 nitrogen and oxygen atoms in total. The molecule has 0 fully saturated rings. The molecule has 1 aliphatic heterocycles. The van der Waals surface area contributed by atoms with E-state index in [4.69, 9.17) is 4.74 Å². The van der Waals surface area contributed by atoms with E-state index in [-0.39, 0.29) is 10.6 Å². The van der Waals surface area contributed by atoms with Gasteiger partial charge in [-0.3, -0.25) is 15.1 Å². The summed E-state index contributed by atoms with van der Waals surface area (Å²) in [5.41, 5.74) is 4.38. The Hall–Kier alpha value is -4.37. The van der Waals surface area contributed by atoms with E-state index in [0.717, 1.165) is 41.5 Å². The van der Waals surface area contributed by atoms with Crippen LogP contribution in [0.5, 0.6) is 5.75 Å². The Morgan fingerprint density at radius 2 is 2.00 bits per heavy atom. The zero-order valence-corrected chi connectivity index (χ0v) is 19.4. The van der Waals surface area contributed by atoms with Crippen molar-refractivity contribution in [2.75, 3.05) is 32.6 Å². The van der Waals surface area contributed by atoms with Crippen LogP contribution in [0.2, 0.25) is 0 Å². The highest BCUT2D eigenvalue weighted by molar-refractivity contribution is 5.83. The number of nitro benzene ring substituents is 1. The molecule has 176 valence electrons. The lowest BCUT2D eigenvalue weighted by molar-refractivity contribution is -0.385. The van der Waals surface area contributed by atoms with Crippen molar-refractivity contribution >= 4 is 33.8 Å². The first kappa shape index (κ1) is 22.4. The molecule has 5 rings (SSSR count). The number of nitrogens with zero attached hydrogens (tertiary/aromatic N) is 5. The van der Waals surface area contributed by atoms with Crippen LogP contribution in [0.1, 0.15) is 12.0 Å². The number of aromatic nitrogens is 3. The van der Waals surface area contributed by atoms with E-state index in [1.165, 1.54) is 13.2 Å². The third-order valence-corrected chi connectivity index (χ3v) is 6.06. The summed E-state index contributed by atoms with van der Waals surface area (Å²) in [5, 5.41) is 16.1. The number of nitro groups is 1. The zero-order chi connectivity index (χ0) is 24.4. The molecule has 3 heterocycles. The van der Waals surface area contributed by atoms with Crippen LogP contribution in [0.25, 0.3) is 27.7 Å². The number of ether oxygens (including phenoxy) is 1. The molecule has 1 N–H and O–H groups in total. The van der Waals surface area contributed by atoms with Gasteiger partial charge in [-0.05, 0) is 43.3 Å². The second kappa shape index (κ2) is 9.47. The van der Waals surface area contributed by atoms with E-state index >= 15 is 0 Å². The second-order valence-electron chi connectivity index (χ2n) is 8.38. The number of methoxy groups -OCH3 is 1. The normalized spacial score (nSPS) is 13.9. The first-order valence-electron chi connectivity index (χ1n) is 11.2. The summed E-state index contributed by atoms with van der Waals surface area (Å²) in [7, 11) is 3.56. The van der Waals surface area contributed by atoms with E-state index in [9.17, 15) is 10.1 Å². The molecule has 0 aliphatic carbocycles. The standard InChI is InChI=1S/C26H24N6O3/c1-31-11-8-17(9-12-31)20-14-25(35-2)23(15-24(20)32(33)34)30-26-27-10-7-22(29-26)19-13-18-5-3-4-6-21(18)28-16-19/h3-8,10,13-16H,9,11-12H2,1-2H3,(H,27,29,30). The highest BCUT2D eigenvalue weighted by Gasteiger charge is 2.23. The highest BCUT2D eigenvalue weighted by atomic mass is 16.6. The Kier molecular flexibility index (Phi) is 6.07. The van der Waals surface area contributed by atoms with Gasteiger partial charge < -0.3 is 15.0 Å². The van der Waals surface area contributed by atoms with Crippen LogP contribution in [0.4, 0.5) is 17.3 Å². The molecular weight excluding hydrogens is 444 g/mol. The number of benzene rings is 2. The lowest BCUT2D eigenvalue weighted by Gasteiger charge is -2.22. The topological polar surface area (TPSA) is 106 Å². The number of hydrogen-bond acceptors (Lipinski definition) is 8. The lowest BCUT2D eigenvalue weighted by Crippen LogP contribution is -2.23. The maximum absolute atomic E-state index is 11.9. The lowest BCUT2D eigenvalue weighted by atomic mass is 9.97. The molecule has 35 heavy (non-hydrogen) atoms. The van der Waals surface area contributed by atoms with Gasteiger partial charge in [-0.1, -0.05) is 24.3 Å². The van der Waals surface area contributed by atoms with E-state index in [1.807, 2.05) is 43.5 Å². The van der Waals surface area contributed by atoms with Crippen molar-refractivity contribution in [3.63, 3.8) is 0 Å². The Labute approximate surface area is 202 Å². The summed E-state index contributed by atoms with van der Waals surface area (Å²) in [6.07, 6.45) is 6.17. The Balaban J connectivity index is 1.50. The van der Waals surface area contributed by atoms with E-state index < -0.39 is 0 Å². The first-order chi connectivity index (χ1) is 17.0. The van der Waals surface area contributed by atoms with Crippen molar-refractivity contribution in [2.45, 2.75) is 6.42 Å². The van der Waals surface area contributed by atoms with E-state index in [2.05, 4.69) is 25.2 Å². The number of rotatable bonds is 6. The number of para-hydroxylation sites is 1. The van der Waals surface area contributed by atoms with Gasteiger partial charge in [0.15, 0.2) is 0 Å². The molecule has 0 radical (unpaired) electrons. The van der Waals surface area contributed by atoms with Crippen LogP contribution in [0, 0.1) is 10.1 Å². The van der Waals surface area contributed by atoms with Crippen LogP contribution >= 0.6 is 0 Å². The molecule has 0 saturated carbocycles. The van der Waals surface area contributed by atoms with Gasteiger partial charge in [0.25, 0.3) is 5.69 Å². The van der Waals surface area contributed by atoms with E-state index in [1.54, 1.807) is 24.5 Å². The van der Waals surface area contributed by atoms with Gasteiger partial charge in [-0.2, -0.15) is 0 Å². The Morgan fingerprint density at radius 3 is 2.77 bits per heavy atom. The van der Waals surface area contributed by atoms with Crippen LogP contribution < -0.4 is 10.1 Å². The highest BCUT2D eigenvalue weighted by Crippen LogP contribution is 2.39. The van der Waals surface area contributed by atoms with E-state index in [0.29, 0.717) is 28.6 Å². The average Bonchev–Trinajstić information content (AvgIpc) is 2.89. The maximum Gasteiger partial charge on any atom is 0.279 e. The fraction of sp³-hybridized carbons (Fsp3) is 0.192. The quantitative estimate of drug-likeness (QED) is 0.309. The summed E-state index contributed by atoms with van der Waals surface area (Å²) < 4.78 is 5.58. The number of nitrogens with one attached hydrogen (secondary N) is 1. The van der Waals surface area contributed by atoms with Crippen molar-refractivity contribution in [1.82, 2.24) is 19.9 Å². The van der Waals surface area contributed by atoms with Crippen molar-refractivity contribution in [2.24, 2.45) is 0 Å². The van der Waals surface area contributed by atoms with Gasteiger partial charge >= 0.3 is 0 Å². The Morgan fingerprint density at radius 1 is 1.14 bits per heavy atom. The van der Waals surface area contributed by atoms with Gasteiger partial charge in [0.1, 0.15) is 5.75 Å². The number of anilines is 2. The predicted octanol–water partition coefficient (Wildman–Crippen LogP) is 5.07. The summed E-state index contributed by atoms with van der Waals surface area (Å²) in [5.74, 6) is 0.779. The molecule has 0 atom stereocenters. The molecule has 0 bridgehead atoms. The minimum absolute atomic E-state index is 0.0130. The minimum Gasteiger partial charge on any atom is -0.495 e. The monoisotopic (exact) mass is 468 g/mol. The van der Waals surface area contributed by atoms with Crippen molar-refractivity contribution < 1.29 is 9.66 Å². The van der Waals surface area contributed by atoms with Crippen LogP contribution in [0.3, 0.4) is 0 Å². The van der Waals surface area contributed by atoms with Gasteiger partial charge in [0.2, 0.25) is 5.95 Å². The summed E-state index contributed by atoms with van der Waals surface area (Å²) >= 11 is 0. The van der Waals surface area contributed by atoms with Crippen molar-refractivity contribution in [3.8, 4) is 17.0 Å². The summed E-state index contributed by atoms with van der Waals surface area (Å²) in [6, 6.07) is 14.9.